The number of aromatic nitrogens is 7. The molecule has 12 rings (SSSR count). The van der Waals surface area contributed by atoms with Gasteiger partial charge in [0.05, 0.1) is 16.7 Å². The van der Waals surface area contributed by atoms with Crippen molar-refractivity contribution in [1.82, 2.24) is 34.5 Å². The van der Waals surface area contributed by atoms with Gasteiger partial charge in [0.25, 0.3) is 0 Å². The molecule has 0 bridgehead atoms. The van der Waals surface area contributed by atoms with Gasteiger partial charge in [-0.25, -0.2) is 29.9 Å². The van der Waals surface area contributed by atoms with Gasteiger partial charge in [-0.3, -0.25) is 0 Å². The van der Waals surface area contributed by atoms with Gasteiger partial charge in [-0.05, 0) is 64.7 Å². The fourth-order valence-corrected chi connectivity index (χ4v) is 9.31. The lowest BCUT2D eigenvalue weighted by Gasteiger charge is -2.21. The number of benzene rings is 9. The second kappa shape index (κ2) is 18.5. The first-order valence-corrected chi connectivity index (χ1v) is 23.3. The maximum Gasteiger partial charge on any atom is 0.166 e. The van der Waals surface area contributed by atoms with Crippen LogP contribution >= 0.6 is 0 Å². The molecule has 0 unspecified atom stereocenters. The second-order valence-electron chi connectivity index (χ2n) is 17.4. The Balaban J connectivity index is 1.17. The predicted octanol–water partition coefficient (Wildman–Crippen LogP) is 8.46. The van der Waals surface area contributed by atoms with E-state index in [0.29, 0.717) is 40.2 Å². The Kier molecular flexibility index (Phi) is 11.4. The molecule has 12 aromatic rings. The van der Waals surface area contributed by atoms with Crippen LogP contribution in [0, 0.1) is 0 Å². The van der Waals surface area contributed by atoms with Crippen molar-refractivity contribution in [2.45, 2.75) is 0 Å². The average Bonchev–Trinajstić information content (AvgIpc) is 3.77. The summed E-state index contributed by atoms with van der Waals surface area (Å²) in [6, 6.07) is 69.6. The minimum atomic E-state index is 0.0795. The third-order valence-corrected chi connectivity index (χ3v) is 13.0. The van der Waals surface area contributed by atoms with Crippen molar-refractivity contribution in [3.63, 3.8) is 0 Å². The molecule has 0 aliphatic heterocycles. The van der Waals surface area contributed by atoms with Crippen molar-refractivity contribution >= 4 is 88.4 Å². The zero-order chi connectivity index (χ0) is 48.9. The van der Waals surface area contributed by atoms with Crippen LogP contribution in [0.5, 0.6) is 0 Å². The first kappa shape index (κ1) is 44.3. The molecule has 0 aliphatic rings. The van der Waals surface area contributed by atoms with Gasteiger partial charge in [0.2, 0.25) is 0 Å². The van der Waals surface area contributed by atoms with E-state index in [2.05, 4.69) is 95.6 Å². The molecule has 3 aromatic heterocycles. The topological polar surface area (TPSA) is 82.3 Å². The molecule has 9 aromatic carbocycles. The van der Waals surface area contributed by atoms with Crippen molar-refractivity contribution in [2.24, 2.45) is 0 Å². The van der Waals surface area contributed by atoms with Crippen molar-refractivity contribution in [1.29, 1.82) is 0 Å². The third-order valence-electron chi connectivity index (χ3n) is 13.0. The molecule has 3 heterocycles. The highest BCUT2D eigenvalue weighted by Gasteiger charge is 2.24. The Morgan fingerprint density at radius 1 is 0.264 bits per heavy atom. The fraction of sp³-hybridized carbons (Fsp3) is 0. The quantitative estimate of drug-likeness (QED) is 0.135. The van der Waals surface area contributed by atoms with E-state index in [4.69, 9.17) is 69.1 Å². The van der Waals surface area contributed by atoms with Crippen molar-refractivity contribution in [2.75, 3.05) is 0 Å². The molecule has 72 heavy (non-hydrogen) atoms. The van der Waals surface area contributed by atoms with E-state index in [9.17, 15) is 0 Å². The summed E-state index contributed by atoms with van der Waals surface area (Å²) in [5.41, 5.74) is 11.5. The van der Waals surface area contributed by atoms with Gasteiger partial charge >= 0.3 is 0 Å². The Morgan fingerprint density at radius 2 is 0.597 bits per heavy atom. The normalized spacial score (nSPS) is 11.3. The molecular formula is C60H34B5N7. The molecule has 0 aliphatic carbocycles. The van der Waals surface area contributed by atoms with Gasteiger partial charge in [0.15, 0.2) is 34.9 Å². The van der Waals surface area contributed by atoms with Crippen molar-refractivity contribution < 1.29 is 0 Å². The molecule has 10 radical (unpaired) electrons. The Morgan fingerprint density at radius 3 is 1.03 bits per heavy atom. The van der Waals surface area contributed by atoms with E-state index < -0.39 is 0 Å². The van der Waals surface area contributed by atoms with Gasteiger partial charge in [-0.15, -0.1) is 16.4 Å². The average molecular weight is 907 g/mol. The summed E-state index contributed by atoms with van der Waals surface area (Å²) >= 11 is 0. The first-order valence-electron chi connectivity index (χ1n) is 23.3. The lowest BCUT2D eigenvalue weighted by molar-refractivity contribution is 1.06. The molecular weight excluding hydrogens is 873 g/mol. The molecule has 0 saturated heterocycles. The van der Waals surface area contributed by atoms with E-state index in [0.717, 1.165) is 66.4 Å². The third kappa shape index (κ3) is 8.01. The van der Waals surface area contributed by atoms with Gasteiger partial charge in [-0.2, -0.15) is 0 Å². The van der Waals surface area contributed by atoms with Crippen LogP contribution in [0.3, 0.4) is 0 Å². The molecule has 0 spiro atoms. The molecule has 7 nitrogen and oxygen atoms in total. The number of fused-ring (bicyclic) bond motifs is 3. The summed E-state index contributed by atoms with van der Waals surface area (Å²) in [6.45, 7) is 0. The molecule has 0 N–H and O–H groups in total. The minimum Gasteiger partial charge on any atom is -0.308 e. The second-order valence-corrected chi connectivity index (χ2v) is 17.4. The zero-order valence-corrected chi connectivity index (χ0v) is 38.6. The summed E-state index contributed by atoms with van der Waals surface area (Å²) in [6.07, 6.45) is 0. The highest BCUT2D eigenvalue weighted by atomic mass is 15.1. The van der Waals surface area contributed by atoms with E-state index >= 15 is 0 Å². The zero-order valence-electron chi connectivity index (χ0n) is 38.6. The molecule has 0 fully saturated rings. The number of hydrogen-bond donors (Lipinski definition) is 0. The molecule has 0 amide bonds. The lowest BCUT2D eigenvalue weighted by Crippen LogP contribution is -2.55. The summed E-state index contributed by atoms with van der Waals surface area (Å²) < 4.78 is 2.26. The largest absolute Gasteiger partial charge is 0.308 e. The summed E-state index contributed by atoms with van der Waals surface area (Å²) in [5, 5.41) is 2.12. The maximum absolute atomic E-state index is 6.76. The van der Waals surface area contributed by atoms with E-state index in [1.54, 1.807) is 0 Å². The summed E-state index contributed by atoms with van der Waals surface area (Å²) in [4.78, 5) is 30.7. The van der Waals surface area contributed by atoms with Gasteiger partial charge in [0.1, 0.15) is 39.2 Å². The lowest BCUT2D eigenvalue weighted by atomic mass is 9.60. The molecule has 324 valence electrons. The Bertz CT molecular complexity index is 3840. The highest BCUT2D eigenvalue weighted by Crippen LogP contribution is 2.41. The SMILES string of the molecule is [B]c1c([B])c([B])c(-c2nc(-c3ccccc3)nc(-c3cc(-c4nc(-c5ccccc5)nc(-c5ccccc5)n4)ccc3-n3c4ccc(-c5ccccc5)cc4c4cc(-c5ccccc5)ccc43)n2)c([B])c1[B]. The van der Waals surface area contributed by atoms with Gasteiger partial charge in [0, 0.05) is 44.2 Å². The van der Waals surface area contributed by atoms with Crippen LogP contribution in [0.2, 0.25) is 0 Å². The molecule has 0 atom stereocenters. The van der Waals surface area contributed by atoms with Crippen molar-refractivity contribution in [3.05, 3.63) is 206 Å². The van der Waals surface area contributed by atoms with Crippen LogP contribution < -0.4 is 27.3 Å². The smallest absolute Gasteiger partial charge is 0.166 e. The summed E-state index contributed by atoms with van der Waals surface area (Å²) in [5.74, 6) is 2.32. The van der Waals surface area contributed by atoms with Gasteiger partial charge < -0.3 is 4.57 Å². The van der Waals surface area contributed by atoms with E-state index in [1.807, 2.05) is 115 Å². The van der Waals surface area contributed by atoms with Crippen LogP contribution in [-0.4, -0.2) is 73.7 Å². The fourth-order valence-electron chi connectivity index (χ4n) is 9.31. The summed E-state index contributed by atoms with van der Waals surface area (Å²) in [7, 11) is 32.8. The Labute approximate surface area is 423 Å². The first-order chi connectivity index (χ1) is 35.3. The number of hydrogen-bond acceptors (Lipinski definition) is 6. The number of rotatable bonds is 9. The molecule has 0 saturated carbocycles. The monoisotopic (exact) mass is 907 g/mol. The van der Waals surface area contributed by atoms with Crippen LogP contribution in [0.1, 0.15) is 0 Å². The standard InChI is InChI=1S/C60H34B5N7/c61-50-49(51(62)53(64)54(65)52(50)63)60-70-57(39-24-14-5-15-25-39)69-59(71-60)45-34-42(58-67-55(37-20-10-3-11-21-37)66-56(68-58)38-22-12-4-13-23-38)28-31-48(45)72-46-29-26-40(35-16-6-1-7-17-35)32-43(46)44-33-41(27-30-47(44)72)36-18-8-2-9-19-36/h1-34H. The van der Waals surface area contributed by atoms with Crippen LogP contribution in [-0.2, 0) is 0 Å². The predicted molar refractivity (Wildman–Crippen MR) is 298 cm³/mol. The van der Waals surface area contributed by atoms with Gasteiger partial charge in [-0.1, -0.05) is 175 Å². The van der Waals surface area contributed by atoms with E-state index in [1.165, 1.54) is 0 Å². The van der Waals surface area contributed by atoms with Crippen LogP contribution in [0.25, 0.3) is 118 Å². The number of nitrogens with zero attached hydrogens (tertiary/aromatic N) is 7. The van der Waals surface area contributed by atoms with Crippen LogP contribution in [0.15, 0.2) is 206 Å². The van der Waals surface area contributed by atoms with Crippen LogP contribution in [0.4, 0.5) is 0 Å². The minimum absolute atomic E-state index is 0.0795. The maximum atomic E-state index is 6.76. The highest BCUT2D eigenvalue weighted by molar-refractivity contribution is 6.68. The van der Waals surface area contributed by atoms with Crippen molar-refractivity contribution in [3.8, 4) is 96.3 Å². The van der Waals surface area contributed by atoms with E-state index in [-0.39, 0.29) is 38.7 Å². The molecule has 12 heteroatoms. The Hall–Kier alpha value is -8.88.